The molecule has 146 valence electrons. The number of Topliss-reactive ketones (excluding diaryl/α,β-unsaturated/α-hetero) is 1. The summed E-state index contributed by atoms with van der Waals surface area (Å²) in [7, 11) is 0. The average Bonchev–Trinajstić information content (AvgIpc) is 2.64. The molecule has 0 aliphatic rings. The predicted molar refractivity (Wildman–Crippen MR) is 97.1 cm³/mol. The lowest BCUT2D eigenvalue weighted by Gasteiger charge is -2.12. The van der Waals surface area contributed by atoms with E-state index in [2.05, 4.69) is 20.8 Å². The summed E-state index contributed by atoms with van der Waals surface area (Å²) in [6.07, 6.45) is 1.41. The summed E-state index contributed by atoms with van der Waals surface area (Å²) in [5, 5.41) is 6.19. The molecular weight excluding hydrogens is 371 g/mol. The van der Waals surface area contributed by atoms with Crippen molar-refractivity contribution in [3.8, 4) is 0 Å². The molecule has 9 nitrogen and oxygen atoms in total. The van der Waals surface area contributed by atoms with E-state index in [9.17, 15) is 18.8 Å². The number of rotatable bonds is 6. The lowest BCUT2D eigenvalue weighted by Crippen LogP contribution is -2.27. The number of hydrogen-bond acceptors (Lipinski definition) is 7. The van der Waals surface area contributed by atoms with Gasteiger partial charge in [0.2, 0.25) is 12.7 Å². The third-order valence-corrected chi connectivity index (χ3v) is 3.17. The molecule has 0 saturated heterocycles. The molecule has 1 aromatic heterocycles. The molecule has 2 aromatic rings. The second kappa shape index (κ2) is 9.76. The number of carbonyl (C=O) groups is 3. The van der Waals surface area contributed by atoms with E-state index >= 15 is 0 Å². The van der Waals surface area contributed by atoms with Gasteiger partial charge in [0, 0.05) is 25.7 Å². The fourth-order valence-electron chi connectivity index (χ4n) is 2.02. The van der Waals surface area contributed by atoms with Crippen molar-refractivity contribution < 1.29 is 28.2 Å². The topological polar surface area (TPSA) is 119 Å². The highest BCUT2D eigenvalue weighted by atomic mass is 19.1. The standard InChI is InChI=1S/C18H17FN4O5/c1-11(24)16-15(7-4-8-20-16)17(28-10-27-12(2)25)22-23-18(26)21-14-6-3-5-13(19)9-14/h3-9H,10H2,1-2H3,(H2,21,23,26). The maximum absolute atomic E-state index is 13.2. The van der Waals surface area contributed by atoms with Gasteiger partial charge in [0.05, 0.1) is 5.56 Å². The predicted octanol–water partition coefficient (Wildman–Crippen LogP) is 2.44. The fourth-order valence-corrected chi connectivity index (χ4v) is 2.02. The molecule has 0 saturated carbocycles. The van der Waals surface area contributed by atoms with Crippen molar-refractivity contribution in [3.63, 3.8) is 0 Å². The first-order chi connectivity index (χ1) is 13.4. The zero-order valence-electron chi connectivity index (χ0n) is 15.1. The number of ketones is 1. The zero-order chi connectivity index (χ0) is 20.5. The number of esters is 1. The summed E-state index contributed by atoms with van der Waals surface area (Å²) in [5.74, 6) is -1.67. The van der Waals surface area contributed by atoms with Crippen LogP contribution in [0, 0.1) is 5.82 Å². The third kappa shape index (κ3) is 6.16. The van der Waals surface area contributed by atoms with Crippen LogP contribution in [0.1, 0.15) is 29.9 Å². The number of hydrazone groups is 1. The molecule has 2 N–H and O–H groups in total. The summed E-state index contributed by atoms with van der Waals surface area (Å²) < 4.78 is 23.1. The van der Waals surface area contributed by atoms with Crippen LogP contribution in [-0.4, -0.2) is 35.5 Å². The number of carbonyl (C=O) groups excluding carboxylic acids is 3. The number of nitrogens with one attached hydrogen (secondary N) is 2. The Kier molecular flexibility index (Phi) is 7.14. The third-order valence-electron chi connectivity index (χ3n) is 3.17. The average molecular weight is 388 g/mol. The number of pyridine rings is 1. The summed E-state index contributed by atoms with van der Waals surface area (Å²) in [4.78, 5) is 38.6. The van der Waals surface area contributed by atoms with Gasteiger partial charge in [-0.25, -0.2) is 14.6 Å². The van der Waals surface area contributed by atoms with Crippen molar-refractivity contribution in [1.29, 1.82) is 0 Å². The van der Waals surface area contributed by atoms with Crippen LogP contribution in [0.3, 0.4) is 0 Å². The first-order valence-electron chi connectivity index (χ1n) is 7.99. The number of anilines is 1. The molecule has 1 heterocycles. The van der Waals surface area contributed by atoms with Crippen molar-refractivity contribution >= 4 is 29.4 Å². The van der Waals surface area contributed by atoms with Crippen molar-refractivity contribution in [2.24, 2.45) is 5.10 Å². The van der Waals surface area contributed by atoms with Gasteiger partial charge in [-0.05, 0) is 30.3 Å². The van der Waals surface area contributed by atoms with Crippen LogP contribution in [0.15, 0.2) is 47.7 Å². The zero-order valence-corrected chi connectivity index (χ0v) is 15.1. The molecule has 28 heavy (non-hydrogen) atoms. The van der Waals surface area contributed by atoms with Crippen LogP contribution in [0.2, 0.25) is 0 Å². The molecule has 0 unspecified atom stereocenters. The number of aromatic nitrogens is 1. The quantitative estimate of drug-likeness (QED) is 0.196. The van der Waals surface area contributed by atoms with E-state index in [1.807, 2.05) is 0 Å². The Labute approximate surface area is 159 Å². The van der Waals surface area contributed by atoms with Crippen LogP contribution in [-0.2, 0) is 14.3 Å². The Bertz CT molecular complexity index is 916. The number of hydrogen-bond donors (Lipinski definition) is 2. The molecule has 0 bridgehead atoms. The van der Waals surface area contributed by atoms with Crippen molar-refractivity contribution in [2.75, 3.05) is 12.1 Å². The van der Waals surface area contributed by atoms with Gasteiger partial charge in [-0.3, -0.25) is 14.6 Å². The van der Waals surface area contributed by atoms with Gasteiger partial charge in [-0.15, -0.1) is 5.10 Å². The molecular formula is C18H17FN4O5. The number of benzene rings is 1. The largest absolute Gasteiger partial charge is 0.438 e. The second-order valence-electron chi connectivity index (χ2n) is 5.35. The number of halogens is 1. The van der Waals surface area contributed by atoms with Gasteiger partial charge in [0.25, 0.3) is 0 Å². The molecule has 0 radical (unpaired) electrons. The molecule has 10 heteroatoms. The molecule has 2 amide bonds. The molecule has 0 aliphatic heterocycles. The molecule has 0 spiro atoms. The van der Waals surface area contributed by atoms with E-state index in [-0.39, 0.29) is 28.6 Å². The van der Waals surface area contributed by atoms with E-state index in [0.717, 1.165) is 6.07 Å². The second-order valence-corrected chi connectivity index (χ2v) is 5.35. The first kappa shape index (κ1) is 20.5. The van der Waals surface area contributed by atoms with Crippen LogP contribution in [0.25, 0.3) is 0 Å². The van der Waals surface area contributed by atoms with Crippen molar-refractivity contribution in [1.82, 2.24) is 10.4 Å². The lowest BCUT2D eigenvalue weighted by atomic mass is 10.1. The van der Waals surface area contributed by atoms with Crippen molar-refractivity contribution in [3.05, 3.63) is 59.7 Å². The normalized spacial score (nSPS) is 10.8. The number of nitrogens with zero attached hydrogens (tertiary/aromatic N) is 2. The maximum Gasteiger partial charge on any atom is 0.339 e. The van der Waals surface area contributed by atoms with E-state index in [1.165, 1.54) is 44.3 Å². The van der Waals surface area contributed by atoms with Gasteiger partial charge in [0.15, 0.2) is 5.78 Å². The Balaban J connectivity index is 2.19. The minimum atomic E-state index is -0.785. The molecule has 1 aromatic carbocycles. The van der Waals surface area contributed by atoms with Gasteiger partial charge in [0.1, 0.15) is 11.5 Å². The number of ether oxygens (including phenoxy) is 2. The molecule has 0 aliphatic carbocycles. The highest BCUT2D eigenvalue weighted by molar-refractivity contribution is 6.06. The van der Waals surface area contributed by atoms with Crippen LogP contribution in [0.5, 0.6) is 0 Å². The van der Waals surface area contributed by atoms with Gasteiger partial charge < -0.3 is 14.8 Å². The fraction of sp³-hybridized carbons (Fsp3) is 0.167. The van der Waals surface area contributed by atoms with Crippen LogP contribution >= 0.6 is 0 Å². The molecule has 0 atom stereocenters. The van der Waals surface area contributed by atoms with E-state index in [0.29, 0.717) is 0 Å². The summed E-state index contributed by atoms with van der Waals surface area (Å²) in [6, 6.07) is 7.52. The van der Waals surface area contributed by atoms with E-state index in [4.69, 9.17) is 9.47 Å². The minimum Gasteiger partial charge on any atom is -0.438 e. The Morgan fingerprint density at radius 3 is 2.61 bits per heavy atom. The summed E-state index contributed by atoms with van der Waals surface area (Å²) in [5.41, 5.74) is 2.61. The summed E-state index contributed by atoms with van der Waals surface area (Å²) >= 11 is 0. The molecule has 2 rings (SSSR count). The monoisotopic (exact) mass is 388 g/mol. The number of amides is 2. The van der Waals surface area contributed by atoms with E-state index < -0.39 is 24.6 Å². The van der Waals surface area contributed by atoms with Gasteiger partial charge in [-0.1, -0.05) is 6.07 Å². The van der Waals surface area contributed by atoms with Crippen LogP contribution < -0.4 is 10.7 Å². The first-order valence-corrected chi connectivity index (χ1v) is 7.99. The number of urea groups is 1. The van der Waals surface area contributed by atoms with Gasteiger partial charge in [-0.2, -0.15) is 0 Å². The maximum atomic E-state index is 13.2. The molecule has 0 fully saturated rings. The van der Waals surface area contributed by atoms with Crippen LogP contribution in [0.4, 0.5) is 14.9 Å². The Morgan fingerprint density at radius 1 is 1.14 bits per heavy atom. The highest BCUT2D eigenvalue weighted by Crippen LogP contribution is 2.10. The smallest absolute Gasteiger partial charge is 0.339 e. The highest BCUT2D eigenvalue weighted by Gasteiger charge is 2.16. The minimum absolute atomic E-state index is 0.0522. The van der Waals surface area contributed by atoms with E-state index in [1.54, 1.807) is 6.07 Å². The Morgan fingerprint density at radius 2 is 1.93 bits per heavy atom. The Hall–Kier alpha value is -3.82. The van der Waals surface area contributed by atoms with Gasteiger partial charge >= 0.3 is 12.0 Å². The van der Waals surface area contributed by atoms with Crippen molar-refractivity contribution in [2.45, 2.75) is 13.8 Å². The summed E-state index contributed by atoms with van der Waals surface area (Å²) in [6.45, 7) is 2.00. The SMILES string of the molecule is CC(=O)OCOC(=NNC(=O)Nc1cccc(F)c1)c1cccnc1C(C)=O. The lowest BCUT2D eigenvalue weighted by molar-refractivity contribution is -0.148.